The van der Waals surface area contributed by atoms with Gasteiger partial charge in [-0.15, -0.1) is 0 Å². The van der Waals surface area contributed by atoms with Crippen molar-refractivity contribution in [2.75, 3.05) is 46.5 Å². The van der Waals surface area contributed by atoms with Crippen LogP contribution in [0.5, 0.6) is 5.75 Å². The molecule has 8 nitrogen and oxygen atoms in total. The Kier molecular flexibility index (Phi) is 11.9. The van der Waals surface area contributed by atoms with Gasteiger partial charge >= 0.3 is 0 Å². The Morgan fingerprint density at radius 1 is 0.838 bits per heavy atom. The highest BCUT2D eigenvalue weighted by molar-refractivity contribution is 7.85. The summed E-state index contributed by atoms with van der Waals surface area (Å²) in [7, 11) is -2.25. The number of carbonyl (C=O) groups excluding carboxylic acids is 1. The molecule has 37 heavy (non-hydrogen) atoms. The lowest BCUT2D eigenvalue weighted by Gasteiger charge is -2.33. The molecule has 0 unspecified atom stereocenters. The van der Waals surface area contributed by atoms with Gasteiger partial charge < -0.3 is 24.0 Å². The first-order chi connectivity index (χ1) is 17.6. The zero-order valence-corrected chi connectivity index (χ0v) is 22.1. The number of ketones is 1. The molecule has 0 saturated carbocycles. The first kappa shape index (κ1) is 30.1. The zero-order chi connectivity index (χ0) is 27.3. The number of nitrogens with zero attached hydrogens (tertiary/aromatic N) is 1. The second kappa shape index (κ2) is 14.6. The van der Waals surface area contributed by atoms with E-state index in [0.717, 1.165) is 24.3 Å². The summed E-state index contributed by atoms with van der Waals surface area (Å²) in [6.07, 6.45) is 0.821. The van der Waals surface area contributed by atoms with E-state index < -0.39 is 10.1 Å². The highest BCUT2D eigenvalue weighted by Crippen LogP contribution is 2.16. The molecule has 0 heterocycles. The van der Waals surface area contributed by atoms with Gasteiger partial charge in [0, 0.05) is 17.5 Å². The molecule has 0 fully saturated rings. The average Bonchev–Trinajstić information content (AvgIpc) is 2.87. The molecule has 0 amide bonds. The molecule has 0 aliphatic heterocycles. The predicted molar refractivity (Wildman–Crippen MR) is 141 cm³/mol. The molecular weight excluding hydrogens is 494 g/mol. The molecule has 0 saturated heterocycles. The van der Waals surface area contributed by atoms with Gasteiger partial charge in [0.2, 0.25) is 0 Å². The molecule has 0 aliphatic carbocycles. The van der Waals surface area contributed by atoms with Crippen molar-refractivity contribution in [2.24, 2.45) is 0 Å². The lowest BCUT2D eigenvalue weighted by atomic mass is 10.0. The van der Waals surface area contributed by atoms with Crippen LogP contribution in [0, 0.1) is 6.92 Å². The van der Waals surface area contributed by atoms with Gasteiger partial charge in [0.05, 0.1) is 38.3 Å². The smallest absolute Gasteiger partial charge is 0.193 e. The molecule has 0 aromatic heterocycles. The summed E-state index contributed by atoms with van der Waals surface area (Å²) in [5.74, 6) is 0.728. The van der Waals surface area contributed by atoms with E-state index in [4.69, 9.17) is 14.9 Å². The molecule has 3 rings (SSSR count). The number of aliphatic hydroxyl groups is 2. The van der Waals surface area contributed by atoms with Crippen LogP contribution in [0.3, 0.4) is 0 Å². The lowest BCUT2D eigenvalue weighted by Crippen LogP contribution is -2.49. The average molecular weight is 530 g/mol. The van der Waals surface area contributed by atoms with Gasteiger partial charge in [0.1, 0.15) is 29.0 Å². The number of benzene rings is 3. The molecule has 0 atom stereocenters. The number of aliphatic hydroxyl groups excluding tert-OH is 2. The fourth-order valence-corrected chi connectivity index (χ4v) is 4.09. The van der Waals surface area contributed by atoms with Crippen LogP contribution in [-0.4, -0.2) is 80.0 Å². The van der Waals surface area contributed by atoms with Crippen LogP contribution in [0.1, 0.15) is 27.9 Å². The summed E-state index contributed by atoms with van der Waals surface area (Å²) in [6.45, 7) is 4.65. The Morgan fingerprint density at radius 2 is 1.38 bits per heavy atom. The van der Waals surface area contributed by atoms with Crippen molar-refractivity contribution in [1.82, 2.24) is 0 Å². The van der Waals surface area contributed by atoms with E-state index in [1.165, 1.54) is 12.1 Å². The predicted octanol–water partition coefficient (Wildman–Crippen LogP) is 3.02. The summed E-state index contributed by atoms with van der Waals surface area (Å²) >= 11 is 0. The highest BCUT2D eigenvalue weighted by Gasteiger charge is 2.19. The van der Waals surface area contributed by atoms with Gasteiger partial charge in [-0.2, -0.15) is 0 Å². The fraction of sp³-hybridized carbons (Fsp3) is 0.321. The first-order valence-electron chi connectivity index (χ1n) is 12.0. The zero-order valence-electron chi connectivity index (χ0n) is 21.2. The van der Waals surface area contributed by atoms with Crippen molar-refractivity contribution < 1.29 is 37.2 Å². The Morgan fingerprint density at radius 3 is 1.89 bits per heavy atom. The molecule has 0 aliphatic rings. The molecular formula is C28H35NO7S. The maximum absolute atomic E-state index is 12.4. The second-order valence-corrected chi connectivity index (χ2v) is 10.3. The number of likely N-dealkylation sites (N-methyl/N-ethyl adjacent to an activating group) is 1. The number of carbonyl (C=O) groups is 1. The van der Waals surface area contributed by atoms with E-state index in [-0.39, 0.29) is 23.9 Å². The van der Waals surface area contributed by atoms with Gasteiger partial charge in [-0.1, -0.05) is 48.0 Å². The third kappa shape index (κ3) is 10.4. The van der Waals surface area contributed by atoms with Crippen molar-refractivity contribution in [1.29, 1.82) is 0 Å². The third-order valence-electron chi connectivity index (χ3n) is 5.85. The SMILES string of the molecule is C[N+](CCO)(CCO)CCCOc1ccc(C(=O)c2ccccc2)cc1.Cc1ccc(S(=O)(=O)[O-])cc1. The maximum Gasteiger partial charge on any atom is 0.193 e. The summed E-state index contributed by atoms with van der Waals surface area (Å²) < 4.78 is 37.5. The second-order valence-electron chi connectivity index (χ2n) is 8.93. The van der Waals surface area contributed by atoms with Gasteiger partial charge in [-0.3, -0.25) is 4.79 Å². The van der Waals surface area contributed by atoms with Gasteiger partial charge in [0.25, 0.3) is 0 Å². The van der Waals surface area contributed by atoms with Crippen molar-refractivity contribution in [3.05, 3.63) is 95.6 Å². The first-order valence-corrected chi connectivity index (χ1v) is 13.4. The van der Waals surface area contributed by atoms with E-state index in [9.17, 15) is 17.8 Å². The van der Waals surface area contributed by atoms with Crippen molar-refractivity contribution in [2.45, 2.75) is 18.2 Å². The van der Waals surface area contributed by atoms with Gasteiger partial charge in [-0.05, 0) is 43.3 Å². The topological polar surface area (TPSA) is 124 Å². The number of aryl methyl sites for hydroxylation is 1. The lowest BCUT2D eigenvalue weighted by molar-refractivity contribution is -0.910. The quantitative estimate of drug-likeness (QED) is 0.160. The summed E-state index contributed by atoms with van der Waals surface area (Å²) in [5, 5.41) is 18.3. The maximum atomic E-state index is 12.4. The number of ether oxygens (including phenoxy) is 1. The van der Waals surface area contributed by atoms with Crippen LogP contribution in [-0.2, 0) is 10.1 Å². The fourth-order valence-electron chi connectivity index (χ4n) is 3.62. The van der Waals surface area contributed by atoms with Crippen LogP contribution >= 0.6 is 0 Å². The normalized spacial score (nSPS) is 11.4. The van der Waals surface area contributed by atoms with E-state index in [0.29, 0.717) is 35.3 Å². The van der Waals surface area contributed by atoms with E-state index >= 15 is 0 Å². The summed E-state index contributed by atoms with van der Waals surface area (Å²) in [4.78, 5) is 12.2. The van der Waals surface area contributed by atoms with Crippen LogP contribution in [0.2, 0.25) is 0 Å². The van der Waals surface area contributed by atoms with E-state index in [1.807, 2.05) is 44.3 Å². The van der Waals surface area contributed by atoms with Gasteiger partial charge in [-0.25, -0.2) is 8.42 Å². The van der Waals surface area contributed by atoms with Crippen molar-refractivity contribution in [3.8, 4) is 5.75 Å². The molecule has 0 bridgehead atoms. The Hall–Kier alpha value is -3.08. The molecule has 3 aromatic rings. The Balaban J connectivity index is 0.000000364. The van der Waals surface area contributed by atoms with E-state index in [1.54, 1.807) is 36.4 Å². The minimum atomic E-state index is -4.27. The van der Waals surface area contributed by atoms with Crippen LogP contribution in [0.15, 0.2) is 83.8 Å². The van der Waals surface area contributed by atoms with Crippen LogP contribution in [0.4, 0.5) is 0 Å². The van der Waals surface area contributed by atoms with E-state index in [2.05, 4.69) is 0 Å². The molecule has 200 valence electrons. The summed E-state index contributed by atoms with van der Waals surface area (Å²) in [6, 6.07) is 22.2. The monoisotopic (exact) mass is 529 g/mol. The van der Waals surface area contributed by atoms with Crippen LogP contribution in [0.25, 0.3) is 0 Å². The highest BCUT2D eigenvalue weighted by atomic mass is 32.2. The minimum Gasteiger partial charge on any atom is -0.744 e. The largest absolute Gasteiger partial charge is 0.744 e. The van der Waals surface area contributed by atoms with Crippen LogP contribution < -0.4 is 4.74 Å². The molecule has 9 heteroatoms. The Labute approximate surface area is 219 Å². The standard InChI is InChI=1S/C21H28NO4.C7H8O3S/c1-22(13-15-23,14-16-24)12-5-17-26-20-10-8-19(9-11-20)21(25)18-6-3-2-4-7-18;1-6-2-4-7(5-3-6)11(8,9)10/h2-4,6-11,23-24H,5,12-17H2,1H3;2-5H,1H3,(H,8,9,10)/q+1;/p-1. The molecule has 0 radical (unpaired) electrons. The number of hydrogen-bond donors (Lipinski definition) is 2. The number of rotatable bonds is 12. The van der Waals surface area contributed by atoms with Crippen molar-refractivity contribution in [3.63, 3.8) is 0 Å². The molecule has 2 N–H and O–H groups in total. The Bertz CT molecular complexity index is 1190. The molecule has 3 aromatic carbocycles. The third-order valence-corrected chi connectivity index (χ3v) is 6.70. The number of hydrogen-bond acceptors (Lipinski definition) is 7. The van der Waals surface area contributed by atoms with Gasteiger partial charge in [0.15, 0.2) is 5.78 Å². The van der Waals surface area contributed by atoms with Crippen molar-refractivity contribution >= 4 is 15.9 Å². The summed E-state index contributed by atoms with van der Waals surface area (Å²) in [5.41, 5.74) is 2.24. The minimum absolute atomic E-state index is 0.00164. The number of quaternary nitrogens is 1. The molecule has 0 spiro atoms.